The summed E-state index contributed by atoms with van der Waals surface area (Å²) in [4.78, 5) is 4.11. The van der Waals surface area contributed by atoms with Crippen molar-refractivity contribution >= 4 is 11.5 Å². The van der Waals surface area contributed by atoms with Crippen molar-refractivity contribution in [1.29, 1.82) is 0 Å². The molecule has 1 aliphatic rings. The van der Waals surface area contributed by atoms with Crippen LogP contribution in [-0.4, -0.2) is 12.9 Å². The Balaban J connectivity index is 1.88. The third-order valence-electron chi connectivity index (χ3n) is 6.02. The van der Waals surface area contributed by atoms with Crippen molar-refractivity contribution in [3.63, 3.8) is 0 Å². The maximum Gasteiger partial charge on any atom is 0.125 e. The Bertz CT molecular complexity index is 962. The molecule has 0 unspecified atom stereocenters. The van der Waals surface area contributed by atoms with E-state index in [4.69, 9.17) is 5.73 Å². The molecule has 1 aliphatic carbocycles. The molecule has 3 nitrogen and oxygen atoms in total. The number of allylic oxidation sites excluding steroid dienone is 2. The SMILES string of the molecule is C=CNc1ccc(CC(=C)C(=C)C2CCCCC2)cc1-c1cccc(C(N)=NC)c1. The van der Waals surface area contributed by atoms with Crippen molar-refractivity contribution < 1.29 is 0 Å². The Labute approximate surface area is 181 Å². The number of anilines is 1. The van der Waals surface area contributed by atoms with Crippen molar-refractivity contribution in [3.05, 3.63) is 90.7 Å². The largest absolute Gasteiger partial charge is 0.384 e. The summed E-state index contributed by atoms with van der Waals surface area (Å²) in [5.41, 5.74) is 13.8. The summed E-state index contributed by atoms with van der Waals surface area (Å²) in [6, 6.07) is 14.6. The smallest absolute Gasteiger partial charge is 0.125 e. The number of benzene rings is 2. The average molecular weight is 400 g/mol. The lowest BCUT2D eigenvalue weighted by Gasteiger charge is -2.25. The fourth-order valence-corrected chi connectivity index (χ4v) is 4.25. The Morgan fingerprint density at radius 2 is 1.90 bits per heavy atom. The maximum absolute atomic E-state index is 6.03. The summed E-state index contributed by atoms with van der Waals surface area (Å²) in [7, 11) is 1.71. The van der Waals surface area contributed by atoms with Crippen molar-refractivity contribution in [3.8, 4) is 11.1 Å². The number of rotatable bonds is 8. The van der Waals surface area contributed by atoms with Gasteiger partial charge in [0.25, 0.3) is 0 Å². The van der Waals surface area contributed by atoms with Crippen LogP contribution >= 0.6 is 0 Å². The zero-order valence-corrected chi connectivity index (χ0v) is 18.1. The second-order valence-electron chi connectivity index (χ2n) is 8.06. The molecule has 1 fully saturated rings. The molecule has 1 saturated carbocycles. The molecule has 3 heteroatoms. The molecule has 3 rings (SSSR count). The van der Waals surface area contributed by atoms with Crippen LogP contribution in [0.4, 0.5) is 5.69 Å². The quantitative estimate of drug-likeness (QED) is 0.303. The van der Waals surface area contributed by atoms with Gasteiger partial charge in [-0.25, -0.2) is 0 Å². The second-order valence-corrected chi connectivity index (χ2v) is 8.06. The van der Waals surface area contributed by atoms with Crippen LogP contribution < -0.4 is 11.1 Å². The van der Waals surface area contributed by atoms with E-state index in [9.17, 15) is 0 Å². The number of nitrogens with zero attached hydrogens (tertiary/aromatic N) is 1. The first kappa shape index (κ1) is 21.6. The minimum atomic E-state index is 0.531. The van der Waals surface area contributed by atoms with Gasteiger partial charge in [0.2, 0.25) is 0 Å². The van der Waals surface area contributed by atoms with Crippen molar-refractivity contribution in [2.24, 2.45) is 16.6 Å². The van der Waals surface area contributed by atoms with E-state index in [1.807, 2.05) is 12.1 Å². The Hall–Kier alpha value is -3.07. The maximum atomic E-state index is 6.03. The van der Waals surface area contributed by atoms with Crippen LogP contribution in [0.1, 0.15) is 43.2 Å². The molecule has 0 atom stereocenters. The Morgan fingerprint density at radius 1 is 1.13 bits per heavy atom. The van der Waals surface area contributed by atoms with Crippen molar-refractivity contribution in [2.75, 3.05) is 12.4 Å². The molecular formula is C27H33N3. The lowest BCUT2D eigenvalue weighted by Crippen LogP contribution is -2.12. The summed E-state index contributed by atoms with van der Waals surface area (Å²) in [5, 5.41) is 3.25. The first-order valence-corrected chi connectivity index (χ1v) is 10.7. The molecule has 0 aromatic heterocycles. The van der Waals surface area contributed by atoms with E-state index in [2.05, 4.69) is 60.4 Å². The molecular weight excluding hydrogens is 366 g/mol. The van der Waals surface area contributed by atoms with Gasteiger partial charge in [0, 0.05) is 23.9 Å². The van der Waals surface area contributed by atoms with E-state index in [-0.39, 0.29) is 0 Å². The molecule has 0 radical (unpaired) electrons. The third kappa shape index (κ3) is 5.10. The number of nitrogens with two attached hydrogens (primary N) is 1. The molecule has 0 saturated heterocycles. The highest BCUT2D eigenvalue weighted by molar-refractivity contribution is 5.98. The number of nitrogens with one attached hydrogen (secondary N) is 1. The highest BCUT2D eigenvalue weighted by atomic mass is 14.8. The van der Waals surface area contributed by atoms with Gasteiger partial charge in [-0.1, -0.05) is 63.3 Å². The summed E-state index contributed by atoms with van der Waals surface area (Å²) < 4.78 is 0. The fraction of sp³-hybridized carbons (Fsp3) is 0.296. The summed E-state index contributed by atoms with van der Waals surface area (Å²) in [6.45, 7) is 12.6. The van der Waals surface area contributed by atoms with Crippen molar-refractivity contribution in [1.82, 2.24) is 0 Å². The van der Waals surface area contributed by atoms with Gasteiger partial charge in [-0.2, -0.15) is 0 Å². The fourth-order valence-electron chi connectivity index (χ4n) is 4.25. The van der Waals surface area contributed by atoms with Gasteiger partial charge in [0.1, 0.15) is 5.84 Å². The minimum absolute atomic E-state index is 0.531. The second kappa shape index (κ2) is 10.1. The minimum Gasteiger partial charge on any atom is -0.384 e. The standard InChI is InChI=1S/C27H33N3/c1-5-30-26-15-14-21(16-19(2)20(3)22-10-7-6-8-11-22)17-25(26)23-12-9-13-24(18-23)27(28)29-4/h5,9,12-15,17-18,22,30H,1-3,6-8,10-11,16H2,4H3,(H2,28,29). The molecule has 0 spiro atoms. The molecule has 2 aromatic carbocycles. The van der Waals surface area contributed by atoms with Crippen LogP contribution in [0.2, 0.25) is 0 Å². The summed E-state index contributed by atoms with van der Waals surface area (Å²) in [6.07, 6.45) is 8.98. The van der Waals surface area contributed by atoms with Gasteiger partial charge in [-0.3, -0.25) is 4.99 Å². The van der Waals surface area contributed by atoms with Crippen LogP contribution in [0, 0.1) is 5.92 Å². The summed E-state index contributed by atoms with van der Waals surface area (Å²) >= 11 is 0. The number of hydrogen-bond donors (Lipinski definition) is 2. The van der Waals surface area contributed by atoms with Gasteiger partial charge >= 0.3 is 0 Å². The molecule has 30 heavy (non-hydrogen) atoms. The molecule has 156 valence electrons. The van der Waals surface area contributed by atoms with Crippen LogP contribution in [0.5, 0.6) is 0 Å². The van der Waals surface area contributed by atoms with Crippen LogP contribution in [0.15, 0.2) is 84.5 Å². The zero-order valence-electron chi connectivity index (χ0n) is 18.1. The Kier molecular flexibility index (Phi) is 7.29. The molecule has 0 bridgehead atoms. The topological polar surface area (TPSA) is 50.4 Å². The third-order valence-corrected chi connectivity index (χ3v) is 6.02. The van der Waals surface area contributed by atoms with Gasteiger partial charge < -0.3 is 11.1 Å². The van der Waals surface area contributed by atoms with E-state index in [1.54, 1.807) is 13.2 Å². The first-order valence-electron chi connectivity index (χ1n) is 10.7. The highest BCUT2D eigenvalue weighted by Crippen LogP contribution is 2.35. The van der Waals surface area contributed by atoms with E-state index < -0.39 is 0 Å². The monoisotopic (exact) mass is 399 g/mol. The predicted octanol–water partition coefficient (Wildman–Crippen LogP) is 6.48. The lowest BCUT2D eigenvalue weighted by molar-refractivity contribution is 0.406. The zero-order chi connectivity index (χ0) is 21.5. The number of amidine groups is 1. The van der Waals surface area contributed by atoms with E-state index >= 15 is 0 Å². The molecule has 0 heterocycles. The van der Waals surface area contributed by atoms with Gasteiger partial charge in [0.15, 0.2) is 0 Å². The normalized spacial score (nSPS) is 14.9. The molecule has 0 aliphatic heterocycles. The Morgan fingerprint density at radius 3 is 2.60 bits per heavy atom. The van der Waals surface area contributed by atoms with Crippen molar-refractivity contribution in [2.45, 2.75) is 38.5 Å². The van der Waals surface area contributed by atoms with E-state index in [1.165, 1.54) is 43.2 Å². The average Bonchev–Trinajstić information content (AvgIpc) is 2.79. The predicted molar refractivity (Wildman–Crippen MR) is 131 cm³/mol. The number of hydrogen-bond acceptors (Lipinski definition) is 2. The van der Waals surface area contributed by atoms with Crippen LogP contribution in [0.25, 0.3) is 11.1 Å². The number of aliphatic imine (C=N–C) groups is 1. The molecule has 3 N–H and O–H groups in total. The van der Waals surface area contributed by atoms with E-state index in [0.717, 1.165) is 34.4 Å². The molecule has 0 amide bonds. The van der Waals surface area contributed by atoms with Crippen LogP contribution in [0.3, 0.4) is 0 Å². The van der Waals surface area contributed by atoms with Gasteiger partial charge in [0.05, 0.1) is 0 Å². The lowest BCUT2D eigenvalue weighted by atomic mass is 9.80. The molecule has 2 aromatic rings. The van der Waals surface area contributed by atoms with Gasteiger partial charge in [-0.15, -0.1) is 0 Å². The van der Waals surface area contributed by atoms with Crippen LogP contribution in [-0.2, 0) is 6.42 Å². The van der Waals surface area contributed by atoms with Gasteiger partial charge in [-0.05, 0) is 71.9 Å². The first-order chi connectivity index (χ1) is 14.5. The highest BCUT2D eigenvalue weighted by Gasteiger charge is 2.18. The summed E-state index contributed by atoms with van der Waals surface area (Å²) in [5.74, 6) is 1.13. The van der Waals surface area contributed by atoms with E-state index in [0.29, 0.717) is 11.8 Å².